The van der Waals surface area contributed by atoms with Crippen molar-refractivity contribution in [3.05, 3.63) is 34.2 Å². The van der Waals surface area contributed by atoms with Gasteiger partial charge in [-0.2, -0.15) is 0 Å². The Morgan fingerprint density at radius 1 is 1.33 bits per heavy atom. The van der Waals surface area contributed by atoms with Gasteiger partial charge in [0.05, 0.1) is 19.1 Å². The van der Waals surface area contributed by atoms with Crippen molar-refractivity contribution in [2.24, 2.45) is 0 Å². The van der Waals surface area contributed by atoms with Crippen LogP contribution in [0, 0.1) is 24.0 Å². The minimum absolute atomic E-state index is 0.132. The molecule has 1 rings (SSSR count). The van der Waals surface area contributed by atoms with Gasteiger partial charge in [-0.15, -0.1) is 0 Å². The zero-order valence-electron chi connectivity index (χ0n) is 8.86. The van der Waals surface area contributed by atoms with Crippen LogP contribution in [-0.2, 0) is 0 Å². The Balaban J connectivity index is 3.54. The van der Waals surface area contributed by atoms with E-state index in [0.717, 1.165) is 5.56 Å². The van der Waals surface area contributed by atoms with Gasteiger partial charge in [-0.25, -0.2) is 0 Å². The predicted molar refractivity (Wildman–Crippen MR) is 55.4 cm³/mol. The molecule has 1 aromatic rings. The van der Waals surface area contributed by atoms with Gasteiger partial charge in [-0.3, -0.25) is 10.1 Å². The lowest BCUT2D eigenvalue weighted by atomic mass is 10.1. The van der Waals surface area contributed by atoms with E-state index in [1.54, 1.807) is 6.92 Å². The molecule has 1 radical (unpaired) electrons. The second kappa shape index (κ2) is 4.16. The van der Waals surface area contributed by atoms with Crippen LogP contribution in [0.4, 0.5) is 5.69 Å². The highest BCUT2D eigenvalue weighted by atomic mass is 16.6. The summed E-state index contributed by atoms with van der Waals surface area (Å²) in [7, 11) is 2.81. The number of hydrogen-bond donors (Lipinski definition) is 0. The molecular formula is C10H12NO4. The van der Waals surface area contributed by atoms with Crippen molar-refractivity contribution in [3.63, 3.8) is 0 Å². The van der Waals surface area contributed by atoms with Gasteiger partial charge in [0.1, 0.15) is 0 Å². The first-order valence-corrected chi connectivity index (χ1v) is 4.24. The van der Waals surface area contributed by atoms with E-state index in [0.29, 0.717) is 11.3 Å². The molecule has 0 spiro atoms. The molecule has 0 heterocycles. The lowest BCUT2D eigenvalue weighted by Gasteiger charge is -2.12. The molecule has 0 fully saturated rings. The lowest BCUT2D eigenvalue weighted by Crippen LogP contribution is -2.00. The molecule has 0 aliphatic heterocycles. The topological polar surface area (TPSA) is 61.6 Å². The van der Waals surface area contributed by atoms with Gasteiger partial charge >= 0.3 is 5.69 Å². The largest absolute Gasteiger partial charge is 0.492 e. The van der Waals surface area contributed by atoms with Crippen molar-refractivity contribution in [1.29, 1.82) is 0 Å². The van der Waals surface area contributed by atoms with Crippen LogP contribution in [0.1, 0.15) is 11.1 Å². The van der Waals surface area contributed by atoms with Crippen LogP contribution in [0.5, 0.6) is 11.5 Å². The standard InChI is InChI=1S/C10H12NO4/c1-6-5-8(11(12)13)10(15-4)9(14-3)7(6)2/h5H,1H2,2-4H3. The van der Waals surface area contributed by atoms with E-state index in [4.69, 9.17) is 9.47 Å². The molecule has 0 saturated heterocycles. The first-order valence-electron chi connectivity index (χ1n) is 4.24. The zero-order valence-corrected chi connectivity index (χ0v) is 8.86. The fourth-order valence-corrected chi connectivity index (χ4v) is 1.35. The van der Waals surface area contributed by atoms with Crippen LogP contribution in [-0.4, -0.2) is 19.1 Å². The van der Waals surface area contributed by atoms with Crippen molar-refractivity contribution in [3.8, 4) is 11.5 Å². The third-order valence-electron chi connectivity index (χ3n) is 2.18. The Bertz CT molecular complexity index is 401. The number of rotatable bonds is 3. The molecule has 0 atom stereocenters. The maximum absolute atomic E-state index is 10.8. The van der Waals surface area contributed by atoms with E-state index in [2.05, 4.69) is 6.92 Å². The molecule has 0 amide bonds. The summed E-state index contributed by atoms with van der Waals surface area (Å²) in [4.78, 5) is 10.2. The van der Waals surface area contributed by atoms with Crippen LogP contribution < -0.4 is 9.47 Å². The first-order chi connectivity index (χ1) is 7.02. The second-order valence-electron chi connectivity index (χ2n) is 3.00. The summed E-state index contributed by atoms with van der Waals surface area (Å²) in [6.07, 6.45) is 0. The lowest BCUT2D eigenvalue weighted by molar-refractivity contribution is -0.385. The van der Waals surface area contributed by atoms with Crippen LogP contribution in [0.3, 0.4) is 0 Å². The maximum atomic E-state index is 10.8. The van der Waals surface area contributed by atoms with Crippen molar-refractivity contribution in [1.82, 2.24) is 0 Å². The molecule has 1 aromatic carbocycles. The molecular weight excluding hydrogens is 198 g/mol. The molecule has 0 bridgehead atoms. The summed E-state index contributed by atoms with van der Waals surface area (Å²) in [5.41, 5.74) is 1.16. The zero-order chi connectivity index (χ0) is 11.6. The fraction of sp³-hybridized carbons (Fsp3) is 0.300. The summed E-state index contributed by atoms with van der Waals surface area (Å²) in [6.45, 7) is 5.48. The van der Waals surface area contributed by atoms with Crippen molar-refractivity contribution in [2.45, 2.75) is 6.92 Å². The molecule has 0 aliphatic carbocycles. The minimum Gasteiger partial charge on any atom is -0.492 e. The van der Waals surface area contributed by atoms with Crippen LogP contribution in [0.25, 0.3) is 0 Å². The predicted octanol–water partition coefficient (Wildman–Crippen LogP) is 2.10. The highest BCUT2D eigenvalue weighted by molar-refractivity contribution is 5.62. The third kappa shape index (κ3) is 1.86. The summed E-state index contributed by atoms with van der Waals surface area (Å²) in [5.74, 6) is 0.490. The average molecular weight is 210 g/mol. The summed E-state index contributed by atoms with van der Waals surface area (Å²) in [6, 6.07) is 1.37. The van der Waals surface area contributed by atoms with E-state index >= 15 is 0 Å². The number of ether oxygens (including phenoxy) is 2. The van der Waals surface area contributed by atoms with Gasteiger partial charge in [0, 0.05) is 6.07 Å². The SMILES string of the molecule is [CH2]c1cc([N+](=O)[O-])c(OC)c(OC)c1C. The van der Waals surface area contributed by atoms with E-state index < -0.39 is 4.92 Å². The maximum Gasteiger partial charge on any atom is 0.315 e. The third-order valence-corrected chi connectivity index (χ3v) is 2.18. The van der Waals surface area contributed by atoms with Gasteiger partial charge in [-0.1, -0.05) is 0 Å². The summed E-state index contributed by atoms with van der Waals surface area (Å²) < 4.78 is 10.0. The van der Waals surface area contributed by atoms with E-state index in [-0.39, 0.29) is 11.4 Å². The molecule has 0 N–H and O–H groups in total. The fourth-order valence-electron chi connectivity index (χ4n) is 1.35. The number of benzene rings is 1. The van der Waals surface area contributed by atoms with Crippen molar-refractivity contribution >= 4 is 5.69 Å². The van der Waals surface area contributed by atoms with Gasteiger partial charge in [0.25, 0.3) is 0 Å². The molecule has 0 unspecified atom stereocenters. The number of methoxy groups -OCH3 is 2. The Morgan fingerprint density at radius 2 is 1.87 bits per heavy atom. The van der Waals surface area contributed by atoms with Crippen molar-refractivity contribution < 1.29 is 14.4 Å². The van der Waals surface area contributed by atoms with Crippen LogP contribution >= 0.6 is 0 Å². The molecule has 81 valence electrons. The van der Waals surface area contributed by atoms with Crippen molar-refractivity contribution in [2.75, 3.05) is 14.2 Å². The molecule has 15 heavy (non-hydrogen) atoms. The number of nitrogens with zero attached hydrogens (tertiary/aromatic N) is 1. The highest BCUT2D eigenvalue weighted by Crippen LogP contribution is 2.40. The molecule has 0 aromatic heterocycles. The highest BCUT2D eigenvalue weighted by Gasteiger charge is 2.23. The summed E-state index contributed by atoms with van der Waals surface area (Å²) >= 11 is 0. The number of nitro benzene ring substituents is 1. The Hall–Kier alpha value is -1.78. The van der Waals surface area contributed by atoms with Gasteiger partial charge in [0.2, 0.25) is 5.75 Å². The number of nitro groups is 1. The van der Waals surface area contributed by atoms with E-state index in [1.807, 2.05) is 0 Å². The molecule has 0 aliphatic rings. The Morgan fingerprint density at radius 3 is 2.27 bits per heavy atom. The second-order valence-corrected chi connectivity index (χ2v) is 3.00. The quantitative estimate of drug-likeness (QED) is 0.566. The monoisotopic (exact) mass is 210 g/mol. The molecule has 0 saturated carbocycles. The minimum atomic E-state index is -0.518. The molecule has 5 heteroatoms. The summed E-state index contributed by atoms with van der Waals surface area (Å²) in [5, 5.41) is 10.8. The van der Waals surface area contributed by atoms with Crippen LogP contribution in [0.2, 0.25) is 0 Å². The van der Waals surface area contributed by atoms with Gasteiger partial charge < -0.3 is 9.47 Å². The van der Waals surface area contributed by atoms with Gasteiger partial charge in [0.15, 0.2) is 5.75 Å². The Labute approximate surface area is 87.8 Å². The number of hydrogen-bond acceptors (Lipinski definition) is 4. The first kappa shape index (κ1) is 11.3. The molecule has 5 nitrogen and oxygen atoms in total. The van der Waals surface area contributed by atoms with Crippen LogP contribution in [0.15, 0.2) is 6.07 Å². The normalized spacial score (nSPS) is 9.87. The van der Waals surface area contributed by atoms with E-state index in [9.17, 15) is 10.1 Å². The Kier molecular flexibility index (Phi) is 3.14. The van der Waals surface area contributed by atoms with E-state index in [1.165, 1.54) is 20.3 Å². The van der Waals surface area contributed by atoms with Gasteiger partial charge in [-0.05, 0) is 25.0 Å². The average Bonchev–Trinajstić information content (AvgIpc) is 2.20. The smallest absolute Gasteiger partial charge is 0.315 e.